The third-order valence-electron chi connectivity index (χ3n) is 3.93. The molecule has 0 aromatic carbocycles. The number of thiazole rings is 1. The van der Waals surface area contributed by atoms with Crippen LogP contribution >= 0.6 is 22.9 Å². The number of hydrogen-bond donors (Lipinski definition) is 1. The number of nitrogens with two attached hydrogens (primary N) is 1. The average molecular weight is 288 g/mol. The molecule has 0 bridgehead atoms. The fraction of sp³-hybridized carbons (Fsp3) is 0.769. The number of halogens is 1. The predicted molar refractivity (Wildman–Crippen MR) is 78.0 cm³/mol. The molecule has 0 spiro atoms. The van der Waals surface area contributed by atoms with Gasteiger partial charge in [0.1, 0.15) is 0 Å². The molecule has 0 radical (unpaired) electrons. The van der Waals surface area contributed by atoms with Gasteiger partial charge in [-0.3, -0.25) is 4.90 Å². The Kier molecular flexibility index (Phi) is 5.42. The van der Waals surface area contributed by atoms with Gasteiger partial charge in [-0.05, 0) is 31.8 Å². The lowest BCUT2D eigenvalue weighted by molar-refractivity contribution is 0.106. The summed E-state index contributed by atoms with van der Waals surface area (Å²) in [6.45, 7) is 5.06. The summed E-state index contributed by atoms with van der Waals surface area (Å²) in [7, 11) is 0. The van der Waals surface area contributed by atoms with Gasteiger partial charge in [0.05, 0.1) is 0 Å². The van der Waals surface area contributed by atoms with E-state index in [1.54, 1.807) is 11.3 Å². The number of rotatable bonds is 5. The highest BCUT2D eigenvalue weighted by atomic mass is 35.5. The molecule has 5 heteroatoms. The molecule has 1 heterocycles. The first-order chi connectivity index (χ1) is 8.74. The Balaban J connectivity index is 2.02. The molecule has 1 aromatic heterocycles. The minimum atomic E-state index is 0.634. The molecule has 1 saturated carbocycles. The lowest BCUT2D eigenvalue weighted by atomic mass is 9.83. The first-order valence-corrected chi connectivity index (χ1v) is 7.98. The lowest BCUT2D eigenvalue weighted by Gasteiger charge is -2.39. The maximum atomic E-state index is 5.93. The summed E-state index contributed by atoms with van der Waals surface area (Å²) in [6, 6.07) is 0.634. The fourth-order valence-electron chi connectivity index (χ4n) is 2.96. The molecule has 0 saturated heterocycles. The molecule has 1 aliphatic rings. The van der Waals surface area contributed by atoms with E-state index in [0.29, 0.717) is 16.4 Å². The van der Waals surface area contributed by atoms with Gasteiger partial charge in [-0.25, -0.2) is 4.98 Å². The van der Waals surface area contributed by atoms with Crippen LogP contribution in [0.25, 0.3) is 0 Å². The van der Waals surface area contributed by atoms with Crippen molar-refractivity contribution >= 4 is 22.9 Å². The molecule has 102 valence electrons. The van der Waals surface area contributed by atoms with Gasteiger partial charge in [0.15, 0.2) is 4.47 Å². The van der Waals surface area contributed by atoms with E-state index in [9.17, 15) is 0 Å². The largest absolute Gasteiger partial charge is 0.330 e. The normalized spacial score (nSPS) is 24.7. The average Bonchev–Trinajstić information content (AvgIpc) is 2.81. The van der Waals surface area contributed by atoms with Crippen LogP contribution in [0.3, 0.4) is 0 Å². The molecule has 3 nitrogen and oxygen atoms in total. The summed E-state index contributed by atoms with van der Waals surface area (Å²) in [6.07, 6.45) is 7.13. The van der Waals surface area contributed by atoms with Crippen LogP contribution in [0, 0.1) is 5.92 Å². The summed E-state index contributed by atoms with van der Waals surface area (Å²) in [4.78, 5) is 7.92. The molecule has 1 fully saturated rings. The van der Waals surface area contributed by atoms with Gasteiger partial charge >= 0.3 is 0 Å². The van der Waals surface area contributed by atoms with E-state index < -0.39 is 0 Å². The summed E-state index contributed by atoms with van der Waals surface area (Å²) in [5.74, 6) is 0.655. The standard InChI is InChI=1S/C13H22ClN3S/c1-2-17(9-11-8-16-13(14)18-11)12-6-4-3-5-10(12)7-15/h8,10,12H,2-7,9,15H2,1H3. The highest BCUT2D eigenvalue weighted by molar-refractivity contribution is 7.15. The summed E-state index contributed by atoms with van der Waals surface area (Å²) in [5, 5.41) is 0. The summed E-state index contributed by atoms with van der Waals surface area (Å²) in [5.41, 5.74) is 5.93. The van der Waals surface area contributed by atoms with Gasteiger partial charge in [-0.2, -0.15) is 0 Å². The van der Waals surface area contributed by atoms with E-state index in [0.717, 1.165) is 19.6 Å². The lowest BCUT2D eigenvalue weighted by Crippen LogP contribution is -2.44. The van der Waals surface area contributed by atoms with E-state index in [-0.39, 0.29) is 0 Å². The second kappa shape index (κ2) is 6.85. The highest BCUT2D eigenvalue weighted by Crippen LogP contribution is 2.29. The fourth-order valence-corrected chi connectivity index (χ4v) is 3.97. The Labute approximate surface area is 118 Å². The van der Waals surface area contributed by atoms with E-state index >= 15 is 0 Å². The molecule has 2 unspecified atom stereocenters. The van der Waals surface area contributed by atoms with Gasteiger partial charge < -0.3 is 5.73 Å². The molecular formula is C13H22ClN3S. The van der Waals surface area contributed by atoms with Crippen LogP contribution in [0.15, 0.2) is 6.20 Å². The first-order valence-electron chi connectivity index (χ1n) is 6.79. The smallest absolute Gasteiger partial charge is 0.183 e. The van der Waals surface area contributed by atoms with Gasteiger partial charge in [-0.1, -0.05) is 31.4 Å². The Morgan fingerprint density at radius 1 is 1.50 bits per heavy atom. The van der Waals surface area contributed by atoms with Crippen LogP contribution in [-0.2, 0) is 6.54 Å². The van der Waals surface area contributed by atoms with Crippen molar-refractivity contribution in [1.82, 2.24) is 9.88 Å². The van der Waals surface area contributed by atoms with Crippen molar-refractivity contribution < 1.29 is 0 Å². The highest BCUT2D eigenvalue weighted by Gasteiger charge is 2.28. The van der Waals surface area contributed by atoms with E-state index in [2.05, 4.69) is 16.8 Å². The number of nitrogens with zero attached hydrogens (tertiary/aromatic N) is 2. The van der Waals surface area contributed by atoms with Crippen LogP contribution < -0.4 is 5.73 Å². The van der Waals surface area contributed by atoms with Crippen molar-refractivity contribution in [2.75, 3.05) is 13.1 Å². The monoisotopic (exact) mass is 287 g/mol. The van der Waals surface area contributed by atoms with Crippen molar-refractivity contribution in [1.29, 1.82) is 0 Å². The van der Waals surface area contributed by atoms with Gasteiger partial charge in [0.2, 0.25) is 0 Å². The Morgan fingerprint density at radius 3 is 2.89 bits per heavy atom. The maximum absolute atomic E-state index is 5.93. The third kappa shape index (κ3) is 3.44. The predicted octanol–water partition coefficient (Wildman–Crippen LogP) is 3.14. The van der Waals surface area contributed by atoms with Crippen LogP contribution in [-0.4, -0.2) is 29.0 Å². The van der Waals surface area contributed by atoms with Crippen LogP contribution in [0.1, 0.15) is 37.5 Å². The minimum absolute atomic E-state index is 0.634. The quantitative estimate of drug-likeness (QED) is 0.905. The van der Waals surface area contributed by atoms with E-state index in [4.69, 9.17) is 17.3 Å². The zero-order chi connectivity index (χ0) is 13.0. The van der Waals surface area contributed by atoms with Crippen LogP contribution in [0.4, 0.5) is 0 Å². The first kappa shape index (κ1) is 14.3. The van der Waals surface area contributed by atoms with Crippen molar-refractivity contribution in [3.8, 4) is 0 Å². The maximum Gasteiger partial charge on any atom is 0.183 e. The Bertz CT molecular complexity index is 369. The SMILES string of the molecule is CCN(Cc1cnc(Cl)s1)C1CCCCC1CN. The van der Waals surface area contributed by atoms with Crippen molar-refractivity contribution in [2.24, 2.45) is 11.7 Å². The van der Waals surface area contributed by atoms with E-state index in [1.807, 2.05) is 6.20 Å². The van der Waals surface area contributed by atoms with Gasteiger partial charge in [-0.15, -0.1) is 11.3 Å². The van der Waals surface area contributed by atoms with Gasteiger partial charge in [0, 0.05) is 23.7 Å². The third-order valence-corrected chi connectivity index (χ3v) is 5.03. The van der Waals surface area contributed by atoms with Gasteiger partial charge in [0.25, 0.3) is 0 Å². The van der Waals surface area contributed by atoms with Crippen molar-refractivity contribution in [3.05, 3.63) is 15.5 Å². The summed E-state index contributed by atoms with van der Waals surface area (Å²) >= 11 is 7.48. The second-order valence-corrected chi connectivity index (χ2v) is 6.69. The molecule has 2 atom stereocenters. The summed E-state index contributed by atoms with van der Waals surface area (Å²) < 4.78 is 0.639. The molecule has 0 amide bonds. The molecule has 2 N–H and O–H groups in total. The zero-order valence-electron chi connectivity index (χ0n) is 10.9. The van der Waals surface area contributed by atoms with Crippen LogP contribution in [0.2, 0.25) is 4.47 Å². The number of aromatic nitrogens is 1. The van der Waals surface area contributed by atoms with Crippen molar-refractivity contribution in [3.63, 3.8) is 0 Å². The number of hydrogen-bond acceptors (Lipinski definition) is 4. The zero-order valence-corrected chi connectivity index (χ0v) is 12.5. The Morgan fingerprint density at radius 2 is 2.28 bits per heavy atom. The molecule has 18 heavy (non-hydrogen) atoms. The molecule has 1 aliphatic carbocycles. The van der Waals surface area contributed by atoms with Crippen molar-refractivity contribution in [2.45, 2.75) is 45.2 Å². The molecule has 2 rings (SSSR count). The molecule has 1 aromatic rings. The Hall–Kier alpha value is -0.160. The second-order valence-electron chi connectivity index (χ2n) is 4.99. The molecular weight excluding hydrogens is 266 g/mol. The molecule has 0 aliphatic heterocycles. The van der Waals surface area contributed by atoms with E-state index in [1.165, 1.54) is 30.6 Å². The topological polar surface area (TPSA) is 42.2 Å². The minimum Gasteiger partial charge on any atom is -0.330 e. The van der Waals surface area contributed by atoms with Crippen LogP contribution in [0.5, 0.6) is 0 Å².